The molecule has 4 heteroatoms. The van der Waals surface area contributed by atoms with E-state index < -0.39 is 0 Å². The lowest BCUT2D eigenvalue weighted by Crippen LogP contribution is -2.33. The Morgan fingerprint density at radius 2 is 2.11 bits per heavy atom. The van der Waals surface area contributed by atoms with Gasteiger partial charge in [-0.05, 0) is 30.5 Å². The molecule has 94 valence electrons. The van der Waals surface area contributed by atoms with E-state index in [9.17, 15) is 4.79 Å². The van der Waals surface area contributed by atoms with E-state index in [2.05, 4.69) is 6.07 Å². The molecule has 0 unspecified atom stereocenters. The summed E-state index contributed by atoms with van der Waals surface area (Å²) in [4.78, 5) is 13.5. The van der Waals surface area contributed by atoms with Crippen molar-refractivity contribution in [3.8, 4) is 11.8 Å². The number of benzene rings is 1. The number of carbonyl (C=O) groups is 1. The third-order valence-corrected chi connectivity index (χ3v) is 3.06. The Kier molecular flexibility index (Phi) is 3.83. The number of nitrogens with zero attached hydrogens (tertiary/aromatic N) is 2. The molecular formula is C14H16N2O2. The zero-order valence-corrected chi connectivity index (χ0v) is 10.4. The number of hydrogen-bond donors (Lipinski definition) is 0. The molecule has 2 rings (SSSR count). The maximum Gasteiger partial charge on any atom is 0.260 e. The van der Waals surface area contributed by atoms with E-state index in [-0.39, 0.29) is 12.5 Å². The van der Waals surface area contributed by atoms with Crippen LogP contribution in [0, 0.1) is 11.3 Å². The first-order valence-electron chi connectivity index (χ1n) is 6.05. The van der Waals surface area contributed by atoms with Crippen LogP contribution >= 0.6 is 0 Å². The van der Waals surface area contributed by atoms with Gasteiger partial charge in [0.05, 0.1) is 12.5 Å². The van der Waals surface area contributed by atoms with Crippen molar-refractivity contribution in [2.24, 2.45) is 0 Å². The lowest BCUT2D eigenvalue weighted by molar-refractivity contribution is -0.132. The van der Waals surface area contributed by atoms with Crippen LogP contribution < -0.4 is 4.74 Å². The van der Waals surface area contributed by atoms with E-state index in [1.54, 1.807) is 17.0 Å². The van der Waals surface area contributed by atoms with Gasteiger partial charge in [0.1, 0.15) is 5.75 Å². The van der Waals surface area contributed by atoms with E-state index in [0.717, 1.165) is 18.4 Å². The normalized spacial score (nSPS) is 13.8. The maximum absolute atomic E-state index is 11.7. The molecule has 1 aromatic carbocycles. The van der Waals surface area contributed by atoms with Crippen LogP contribution in [0.25, 0.3) is 0 Å². The Hall–Kier alpha value is -2.02. The monoisotopic (exact) mass is 244 g/mol. The lowest BCUT2D eigenvalue weighted by Gasteiger charge is -2.16. The summed E-state index contributed by atoms with van der Waals surface area (Å²) in [6.07, 6.45) is 2.60. The minimum absolute atomic E-state index is 0.0126. The molecule has 1 saturated carbocycles. The van der Waals surface area contributed by atoms with Crippen LogP contribution in [0.4, 0.5) is 0 Å². The highest BCUT2D eigenvalue weighted by atomic mass is 16.5. The van der Waals surface area contributed by atoms with E-state index in [1.807, 2.05) is 19.2 Å². The lowest BCUT2D eigenvalue weighted by atomic mass is 10.2. The maximum atomic E-state index is 11.7. The standard InChI is InChI=1S/C14H16N2O2/c1-16(12-4-5-12)14(17)10-18-13-6-2-11(3-7-13)8-9-15/h2-3,6-7,12H,4-5,8,10H2,1H3. The van der Waals surface area contributed by atoms with Crippen molar-refractivity contribution in [1.29, 1.82) is 5.26 Å². The summed E-state index contributed by atoms with van der Waals surface area (Å²) in [6, 6.07) is 9.76. The Morgan fingerprint density at radius 3 is 2.67 bits per heavy atom. The number of carbonyl (C=O) groups excluding carboxylic acids is 1. The topological polar surface area (TPSA) is 53.3 Å². The van der Waals surface area contributed by atoms with Crippen molar-refractivity contribution < 1.29 is 9.53 Å². The molecule has 0 N–H and O–H groups in total. The Bertz CT molecular complexity index is 458. The van der Waals surface area contributed by atoms with Gasteiger partial charge in [-0.15, -0.1) is 0 Å². The first kappa shape index (κ1) is 12.4. The van der Waals surface area contributed by atoms with Crippen LogP contribution in [0.1, 0.15) is 18.4 Å². The zero-order chi connectivity index (χ0) is 13.0. The van der Waals surface area contributed by atoms with Crippen molar-refractivity contribution in [2.75, 3.05) is 13.7 Å². The fourth-order valence-corrected chi connectivity index (χ4v) is 1.71. The van der Waals surface area contributed by atoms with Gasteiger partial charge in [-0.1, -0.05) is 12.1 Å². The minimum Gasteiger partial charge on any atom is -0.484 e. The van der Waals surface area contributed by atoms with Gasteiger partial charge in [0.15, 0.2) is 6.61 Å². The second-order valence-electron chi connectivity index (χ2n) is 4.50. The van der Waals surface area contributed by atoms with Gasteiger partial charge in [0.2, 0.25) is 0 Å². The molecule has 0 atom stereocenters. The van der Waals surface area contributed by atoms with Gasteiger partial charge in [0.25, 0.3) is 5.91 Å². The molecule has 0 radical (unpaired) electrons. The van der Waals surface area contributed by atoms with Gasteiger partial charge in [-0.2, -0.15) is 5.26 Å². The third-order valence-electron chi connectivity index (χ3n) is 3.06. The second-order valence-corrected chi connectivity index (χ2v) is 4.50. The Labute approximate surface area is 107 Å². The van der Waals surface area contributed by atoms with E-state index in [4.69, 9.17) is 10.00 Å². The average molecular weight is 244 g/mol. The summed E-state index contributed by atoms with van der Waals surface area (Å²) in [5, 5.41) is 8.55. The summed E-state index contributed by atoms with van der Waals surface area (Å²) in [6.45, 7) is 0.0740. The highest BCUT2D eigenvalue weighted by Gasteiger charge is 2.29. The summed E-state index contributed by atoms with van der Waals surface area (Å²) in [7, 11) is 1.82. The fraction of sp³-hybridized carbons (Fsp3) is 0.429. The molecular weight excluding hydrogens is 228 g/mol. The average Bonchev–Trinajstić information content (AvgIpc) is 3.21. The van der Waals surface area contributed by atoms with Crippen molar-refractivity contribution >= 4 is 5.91 Å². The van der Waals surface area contributed by atoms with Gasteiger partial charge in [-0.25, -0.2) is 0 Å². The largest absolute Gasteiger partial charge is 0.484 e. The number of amides is 1. The van der Waals surface area contributed by atoms with Crippen LogP contribution in [0.2, 0.25) is 0 Å². The molecule has 1 fully saturated rings. The number of hydrogen-bond acceptors (Lipinski definition) is 3. The number of likely N-dealkylation sites (N-methyl/N-ethyl adjacent to an activating group) is 1. The smallest absolute Gasteiger partial charge is 0.260 e. The summed E-state index contributed by atoms with van der Waals surface area (Å²) in [5.74, 6) is 0.674. The van der Waals surface area contributed by atoms with Crippen LogP contribution in [0.3, 0.4) is 0 Å². The van der Waals surface area contributed by atoms with Gasteiger partial charge in [-0.3, -0.25) is 4.79 Å². The first-order valence-corrected chi connectivity index (χ1v) is 6.05. The molecule has 1 aliphatic rings. The van der Waals surface area contributed by atoms with E-state index in [0.29, 0.717) is 18.2 Å². The summed E-state index contributed by atoms with van der Waals surface area (Å²) >= 11 is 0. The van der Waals surface area contributed by atoms with E-state index in [1.165, 1.54) is 0 Å². The van der Waals surface area contributed by atoms with Gasteiger partial charge < -0.3 is 9.64 Å². The van der Waals surface area contributed by atoms with Crippen molar-refractivity contribution in [3.63, 3.8) is 0 Å². The van der Waals surface area contributed by atoms with Gasteiger partial charge in [0, 0.05) is 13.1 Å². The molecule has 0 bridgehead atoms. The van der Waals surface area contributed by atoms with Gasteiger partial charge >= 0.3 is 0 Å². The van der Waals surface area contributed by atoms with E-state index >= 15 is 0 Å². The predicted octanol–water partition coefficient (Wildman–Crippen LogP) is 1.75. The SMILES string of the molecule is CN(C(=O)COc1ccc(CC#N)cc1)C1CC1. The van der Waals surface area contributed by atoms with Crippen molar-refractivity contribution in [2.45, 2.75) is 25.3 Å². The molecule has 1 aromatic rings. The molecule has 18 heavy (non-hydrogen) atoms. The molecule has 4 nitrogen and oxygen atoms in total. The molecule has 0 heterocycles. The second kappa shape index (κ2) is 5.54. The third kappa shape index (κ3) is 3.24. The summed E-state index contributed by atoms with van der Waals surface area (Å²) < 4.78 is 5.43. The highest BCUT2D eigenvalue weighted by Crippen LogP contribution is 2.25. The molecule has 0 saturated heterocycles. The summed E-state index contributed by atoms with van der Waals surface area (Å²) in [5.41, 5.74) is 0.950. The number of nitriles is 1. The quantitative estimate of drug-likeness (QED) is 0.793. The Balaban J connectivity index is 1.82. The molecule has 0 aliphatic heterocycles. The molecule has 1 amide bonds. The predicted molar refractivity (Wildman–Crippen MR) is 67.0 cm³/mol. The number of rotatable bonds is 5. The fourth-order valence-electron chi connectivity index (χ4n) is 1.71. The van der Waals surface area contributed by atoms with Crippen LogP contribution in [0.15, 0.2) is 24.3 Å². The molecule has 0 aromatic heterocycles. The first-order chi connectivity index (χ1) is 8.70. The molecule has 0 spiro atoms. The van der Waals surface area contributed by atoms with Crippen molar-refractivity contribution in [1.82, 2.24) is 4.90 Å². The number of ether oxygens (including phenoxy) is 1. The van der Waals surface area contributed by atoms with Crippen LogP contribution in [-0.4, -0.2) is 30.5 Å². The zero-order valence-electron chi connectivity index (χ0n) is 10.4. The molecule has 1 aliphatic carbocycles. The van der Waals surface area contributed by atoms with Crippen LogP contribution in [-0.2, 0) is 11.2 Å². The minimum atomic E-state index is 0.0126. The highest BCUT2D eigenvalue weighted by molar-refractivity contribution is 5.78. The Morgan fingerprint density at radius 1 is 1.44 bits per heavy atom. The van der Waals surface area contributed by atoms with Crippen LogP contribution in [0.5, 0.6) is 5.75 Å². The van der Waals surface area contributed by atoms with Crippen molar-refractivity contribution in [3.05, 3.63) is 29.8 Å².